The molecule has 36 heavy (non-hydrogen) atoms. The molecular weight excluding hydrogens is 506 g/mol. The Balaban J connectivity index is 2.29. The SMILES string of the molecule is CCOP(=O)(OCC)C(NCCNC(c1ccccc1O)P(=O)(OCC)OCC)c1ccccc1O. The lowest BCUT2D eigenvalue weighted by Gasteiger charge is -2.30. The molecule has 202 valence electrons. The van der Waals surface area contributed by atoms with Crippen molar-refractivity contribution in [3.63, 3.8) is 0 Å². The first-order valence-corrected chi connectivity index (χ1v) is 15.3. The highest BCUT2D eigenvalue weighted by Crippen LogP contribution is 2.61. The van der Waals surface area contributed by atoms with Gasteiger partial charge in [-0.15, -0.1) is 0 Å². The second kappa shape index (κ2) is 14.9. The molecule has 0 heterocycles. The first-order valence-electron chi connectivity index (χ1n) is 12.1. The summed E-state index contributed by atoms with van der Waals surface area (Å²) in [5.41, 5.74) is 0.739. The lowest BCUT2D eigenvalue weighted by atomic mass is 10.2. The number of hydrogen-bond acceptors (Lipinski definition) is 10. The molecule has 0 saturated carbocycles. The molecule has 0 aliphatic heterocycles. The average molecular weight is 545 g/mol. The van der Waals surface area contributed by atoms with Crippen molar-refractivity contribution in [1.82, 2.24) is 10.6 Å². The Morgan fingerprint density at radius 3 is 1.22 bits per heavy atom. The molecule has 2 rings (SSSR count). The van der Waals surface area contributed by atoms with E-state index in [1.54, 1.807) is 64.1 Å². The van der Waals surface area contributed by atoms with Crippen LogP contribution in [0.3, 0.4) is 0 Å². The van der Waals surface area contributed by atoms with Crippen LogP contribution in [0.15, 0.2) is 48.5 Å². The largest absolute Gasteiger partial charge is 0.508 e. The fourth-order valence-electron chi connectivity index (χ4n) is 3.73. The third kappa shape index (κ3) is 7.88. The van der Waals surface area contributed by atoms with E-state index in [0.29, 0.717) is 11.1 Å². The highest BCUT2D eigenvalue weighted by atomic mass is 31.2. The van der Waals surface area contributed by atoms with E-state index in [4.69, 9.17) is 18.1 Å². The maximum atomic E-state index is 13.6. The van der Waals surface area contributed by atoms with Gasteiger partial charge in [-0.2, -0.15) is 0 Å². The number of aromatic hydroxyl groups is 2. The van der Waals surface area contributed by atoms with Gasteiger partial charge in [-0.1, -0.05) is 36.4 Å². The summed E-state index contributed by atoms with van der Waals surface area (Å²) in [6.45, 7) is 7.90. The van der Waals surface area contributed by atoms with Gasteiger partial charge < -0.3 is 28.3 Å². The van der Waals surface area contributed by atoms with Crippen LogP contribution in [-0.2, 0) is 27.2 Å². The van der Waals surface area contributed by atoms with Gasteiger partial charge in [-0.05, 0) is 39.8 Å². The summed E-state index contributed by atoms with van der Waals surface area (Å²) >= 11 is 0. The molecule has 0 fully saturated rings. The molecule has 0 amide bonds. The van der Waals surface area contributed by atoms with Crippen LogP contribution in [0.1, 0.15) is 50.4 Å². The van der Waals surface area contributed by atoms with Crippen LogP contribution in [0.2, 0.25) is 0 Å². The Morgan fingerprint density at radius 1 is 0.639 bits per heavy atom. The van der Waals surface area contributed by atoms with E-state index in [0.717, 1.165) is 0 Å². The topological polar surface area (TPSA) is 136 Å². The number of phenolic OH excluding ortho intramolecular Hbond substituents is 2. The van der Waals surface area contributed by atoms with E-state index in [-0.39, 0.29) is 51.0 Å². The van der Waals surface area contributed by atoms with Crippen molar-refractivity contribution in [2.45, 2.75) is 39.3 Å². The predicted molar refractivity (Wildman–Crippen MR) is 139 cm³/mol. The molecule has 0 spiro atoms. The van der Waals surface area contributed by atoms with Crippen LogP contribution in [0.5, 0.6) is 11.5 Å². The molecule has 0 bridgehead atoms. The Morgan fingerprint density at radius 2 is 0.944 bits per heavy atom. The van der Waals surface area contributed by atoms with Gasteiger partial charge >= 0.3 is 15.2 Å². The van der Waals surface area contributed by atoms with Crippen LogP contribution in [0, 0.1) is 0 Å². The van der Waals surface area contributed by atoms with E-state index >= 15 is 0 Å². The molecule has 2 unspecified atom stereocenters. The zero-order chi connectivity index (χ0) is 26.6. The van der Waals surface area contributed by atoms with Crippen molar-refractivity contribution >= 4 is 15.2 Å². The van der Waals surface area contributed by atoms with Gasteiger partial charge in [0, 0.05) is 24.2 Å². The van der Waals surface area contributed by atoms with E-state index < -0.39 is 26.8 Å². The van der Waals surface area contributed by atoms with Crippen LogP contribution >= 0.6 is 15.2 Å². The van der Waals surface area contributed by atoms with E-state index in [1.165, 1.54) is 12.1 Å². The number of para-hydroxylation sites is 2. The summed E-state index contributed by atoms with van der Waals surface area (Å²) < 4.78 is 49.4. The summed E-state index contributed by atoms with van der Waals surface area (Å²) in [5, 5.41) is 27.2. The lowest BCUT2D eigenvalue weighted by Crippen LogP contribution is -2.33. The van der Waals surface area contributed by atoms with Crippen molar-refractivity contribution in [3.05, 3.63) is 59.7 Å². The number of hydrogen-bond donors (Lipinski definition) is 4. The lowest BCUT2D eigenvalue weighted by molar-refractivity contribution is 0.203. The summed E-state index contributed by atoms with van der Waals surface area (Å²) in [6, 6.07) is 13.1. The fourth-order valence-corrected chi connectivity index (χ4v) is 7.74. The molecule has 2 aromatic rings. The van der Waals surface area contributed by atoms with Gasteiger partial charge in [0.2, 0.25) is 0 Å². The molecule has 0 aliphatic rings. The second-order valence-corrected chi connectivity index (χ2v) is 11.8. The van der Waals surface area contributed by atoms with Crippen molar-refractivity contribution in [3.8, 4) is 11.5 Å². The molecular formula is C24H38N2O8P2. The Kier molecular flexibility index (Phi) is 12.6. The van der Waals surface area contributed by atoms with Crippen molar-refractivity contribution in [2.24, 2.45) is 0 Å². The first-order chi connectivity index (χ1) is 17.3. The molecule has 0 radical (unpaired) electrons. The van der Waals surface area contributed by atoms with Gasteiger partial charge in [-0.3, -0.25) is 19.8 Å². The molecule has 2 atom stereocenters. The standard InChI is InChI=1S/C24H38N2O8P2/c1-5-31-35(29,32-6-2)23(19-13-9-11-15-21(19)27)25-17-18-26-24(20-14-10-12-16-22(20)28)36(30,33-7-3)34-8-4/h9-16,23-28H,5-8,17-18H2,1-4H3. The Hall–Kier alpha value is -1.74. The third-order valence-electron chi connectivity index (χ3n) is 5.13. The molecule has 2 aromatic carbocycles. The summed E-state index contributed by atoms with van der Waals surface area (Å²) in [6.07, 6.45) is 0. The highest BCUT2D eigenvalue weighted by Gasteiger charge is 2.40. The van der Waals surface area contributed by atoms with Crippen molar-refractivity contribution in [1.29, 1.82) is 0 Å². The van der Waals surface area contributed by atoms with E-state index in [2.05, 4.69) is 10.6 Å². The average Bonchev–Trinajstić information content (AvgIpc) is 2.83. The maximum Gasteiger partial charge on any atom is 0.352 e. The van der Waals surface area contributed by atoms with Gasteiger partial charge in [0.15, 0.2) is 0 Å². The summed E-state index contributed by atoms with van der Waals surface area (Å²) in [7, 11) is -7.41. The smallest absolute Gasteiger partial charge is 0.352 e. The van der Waals surface area contributed by atoms with Crippen LogP contribution in [0.25, 0.3) is 0 Å². The quantitative estimate of drug-likeness (QED) is 0.149. The molecule has 0 saturated heterocycles. The summed E-state index contributed by atoms with van der Waals surface area (Å²) in [4.78, 5) is 0. The normalized spacial score (nSPS) is 14.0. The van der Waals surface area contributed by atoms with Crippen LogP contribution in [-0.4, -0.2) is 49.7 Å². The third-order valence-corrected chi connectivity index (χ3v) is 9.79. The second-order valence-electron chi connectivity index (χ2n) is 7.58. The van der Waals surface area contributed by atoms with Crippen LogP contribution in [0.4, 0.5) is 0 Å². The fraction of sp³-hybridized carbons (Fsp3) is 0.500. The molecule has 12 heteroatoms. The molecule has 4 N–H and O–H groups in total. The minimum atomic E-state index is -3.70. The molecule has 0 aliphatic carbocycles. The number of benzene rings is 2. The number of rotatable bonds is 17. The van der Waals surface area contributed by atoms with Crippen molar-refractivity contribution < 1.29 is 37.4 Å². The Bertz CT molecular complexity index is 937. The highest BCUT2D eigenvalue weighted by molar-refractivity contribution is 7.54. The van der Waals surface area contributed by atoms with Gasteiger partial charge in [0.05, 0.1) is 26.4 Å². The predicted octanol–water partition coefficient (Wildman–Crippen LogP) is 5.51. The van der Waals surface area contributed by atoms with E-state index in [9.17, 15) is 19.3 Å². The number of nitrogens with one attached hydrogen (secondary N) is 2. The minimum Gasteiger partial charge on any atom is -0.508 e. The van der Waals surface area contributed by atoms with Gasteiger partial charge in [0.25, 0.3) is 0 Å². The van der Waals surface area contributed by atoms with Gasteiger partial charge in [-0.25, -0.2) is 0 Å². The maximum absolute atomic E-state index is 13.6. The first kappa shape index (κ1) is 30.5. The molecule has 10 nitrogen and oxygen atoms in total. The van der Waals surface area contributed by atoms with Gasteiger partial charge in [0.1, 0.15) is 23.1 Å². The monoisotopic (exact) mass is 544 g/mol. The van der Waals surface area contributed by atoms with Crippen LogP contribution < -0.4 is 10.6 Å². The zero-order valence-electron chi connectivity index (χ0n) is 21.3. The van der Waals surface area contributed by atoms with Crippen molar-refractivity contribution in [2.75, 3.05) is 39.5 Å². The van der Waals surface area contributed by atoms with E-state index in [1.807, 2.05) is 0 Å². The zero-order valence-corrected chi connectivity index (χ0v) is 23.0. The molecule has 0 aromatic heterocycles. The summed E-state index contributed by atoms with van der Waals surface area (Å²) in [5.74, 6) is -2.00. The minimum absolute atomic E-state index is 0.0492. The number of phenols is 2. The Labute approximate surface area is 213 Å².